The summed E-state index contributed by atoms with van der Waals surface area (Å²) in [5, 5.41) is 9.59. The van der Waals surface area contributed by atoms with Gasteiger partial charge in [0.1, 0.15) is 11.6 Å². The van der Waals surface area contributed by atoms with Gasteiger partial charge in [-0.2, -0.15) is 5.10 Å². The number of sulfone groups is 1. The maximum Gasteiger partial charge on any atom is 0.256 e. The number of anilines is 1. The SMILES string of the molecule is O=C(Nc1[nH]nc2ncc(S(=O)(=O)c3cccc(F)c3)cc12)c1ccccc1. The molecule has 0 radical (unpaired) electrons. The molecule has 0 unspecified atom stereocenters. The molecule has 2 aromatic heterocycles. The highest BCUT2D eigenvalue weighted by Crippen LogP contribution is 2.26. The van der Waals surface area contributed by atoms with E-state index in [4.69, 9.17) is 0 Å². The van der Waals surface area contributed by atoms with Gasteiger partial charge in [0.25, 0.3) is 5.91 Å². The minimum Gasteiger partial charge on any atom is -0.306 e. The van der Waals surface area contributed by atoms with Crippen molar-refractivity contribution < 1.29 is 17.6 Å². The molecule has 0 aliphatic heterocycles. The maximum absolute atomic E-state index is 13.4. The number of halogens is 1. The second kappa shape index (κ2) is 6.86. The lowest BCUT2D eigenvalue weighted by Crippen LogP contribution is -2.12. The number of nitrogens with zero attached hydrogens (tertiary/aromatic N) is 2. The molecule has 0 aliphatic rings. The number of nitrogens with one attached hydrogen (secondary N) is 2. The van der Waals surface area contributed by atoms with Gasteiger partial charge in [0.05, 0.1) is 15.2 Å². The van der Waals surface area contributed by atoms with Gasteiger partial charge >= 0.3 is 0 Å². The predicted octanol–water partition coefficient (Wildman–Crippen LogP) is 3.18. The fourth-order valence-corrected chi connectivity index (χ4v) is 3.93. The highest BCUT2D eigenvalue weighted by atomic mass is 32.2. The molecule has 4 aromatic rings. The van der Waals surface area contributed by atoms with E-state index in [0.717, 1.165) is 18.3 Å². The molecule has 0 saturated carbocycles. The molecule has 7 nitrogen and oxygen atoms in total. The molecule has 0 bridgehead atoms. The Hall–Kier alpha value is -3.59. The van der Waals surface area contributed by atoms with Gasteiger partial charge in [-0.1, -0.05) is 24.3 Å². The largest absolute Gasteiger partial charge is 0.306 e. The van der Waals surface area contributed by atoms with Crippen LogP contribution in [0, 0.1) is 5.82 Å². The number of amides is 1. The first kappa shape index (κ1) is 17.8. The summed E-state index contributed by atoms with van der Waals surface area (Å²) < 4.78 is 39.0. The summed E-state index contributed by atoms with van der Waals surface area (Å²) in [5.41, 5.74) is 0.670. The number of hydrogen-bond acceptors (Lipinski definition) is 5. The van der Waals surface area contributed by atoms with Crippen molar-refractivity contribution in [1.82, 2.24) is 15.2 Å². The van der Waals surface area contributed by atoms with Crippen molar-refractivity contribution in [2.75, 3.05) is 5.32 Å². The Morgan fingerprint density at radius 3 is 2.54 bits per heavy atom. The first-order valence-corrected chi connectivity index (χ1v) is 9.64. The molecule has 0 saturated heterocycles. The quantitative estimate of drug-likeness (QED) is 0.551. The van der Waals surface area contributed by atoms with E-state index in [9.17, 15) is 17.6 Å². The lowest BCUT2D eigenvalue weighted by atomic mass is 10.2. The molecule has 0 spiro atoms. The van der Waals surface area contributed by atoms with Gasteiger partial charge in [0, 0.05) is 11.8 Å². The highest BCUT2D eigenvalue weighted by molar-refractivity contribution is 7.91. The molecule has 2 aromatic carbocycles. The zero-order chi connectivity index (χ0) is 19.7. The van der Waals surface area contributed by atoms with Crippen LogP contribution in [0.15, 0.2) is 76.7 Å². The minimum absolute atomic E-state index is 0.137. The predicted molar refractivity (Wildman–Crippen MR) is 100 cm³/mol. The second-order valence-electron chi connectivity index (χ2n) is 5.92. The lowest BCUT2D eigenvalue weighted by Gasteiger charge is -2.06. The van der Waals surface area contributed by atoms with Gasteiger partial charge in [-0.15, -0.1) is 0 Å². The smallest absolute Gasteiger partial charge is 0.256 e. The van der Waals surface area contributed by atoms with E-state index >= 15 is 0 Å². The van der Waals surface area contributed by atoms with Crippen molar-refractivity contribution in [3.8, 4) is 0 Å². The van der Waals surface area contributed by atoms with E-state index in [2.05, 4.69) is 20.5 Å². The summed E-state index contributed by atoms with van der Waals surface area (Å²) >= 11 is 0. The Kier molecular flexibility index (Phi) is 4.36. The number of fused-ring (bicyclic) bond motifs is 1. The molecule has 28 heavy (non-hydrogen) atoms. The van der Waals surface area contributed by atoms with Crippen LogP contribution in [0.2, 0.25) is 0 Å². The molecule has 0 aliphatic carbocycles. The number of aromatic nitrogens is 3. The molecular formula is C19H13FN4O3S. The van der Waals surface area contributed by atoms with Gasteiger partial charge < -0.3 is 5.32 Å². The van der Waals surface area contributed by atoms with E-state index in [-0.39, 0.29) is 27.2 Å². The van der Waals surface area contributed by atoms with E-state index in [1.165, 1.54) is 18.2 Å². The third-order valence-corrected chi connectivity index (χ3v) is 5.79. The number of pyridine rings is 1. The monoisotopic (exact) mass is 396 g/mol. The number of hydrogen-bond donors (Lipinski definition) is 2. The fraction of sp³-hybridized carbons (Fsp3) is 0. The van der Waals surface area contributed by atoms with E-state index in [1.807, 2.05) is 0 Å². The summed E-state index contributed by atoms with van der Waals surface area (Å²) in [7, 11) is -3.99. The summed E-state index contributed by atoms with van der Waals surface area (Å²) in [5.74, 6) is -0.827. The normalized spacial score (nSPS) is 11.5. The average molecular weight is 396 g/mol. The van der Waals surface area contributed by atoms with Crippen LogP contribution in [0.1, 0.15) is 10.4 Å². The van der Waals surface area contributed by atoms with Gasteiger partial charge in [0.2, 0.25) is 9.84 Å². The molecule has 2 N–H and O–H groups in total. The number of aromatic amines is 1. The lowest BCUT2D eigenvalue weighted by molar-refractivity contribution is 0.102. The van der Waals surface area contributed by atoms with Gasteiger partial charge in [0.15, 0.2) is 5.65 Å². The number of carbonyl (C=O) groups excluding carboxylic acids is 1. The van der Waals surface area contributed by atoms with Crippen molar-refractivity contribution >= 4 is 32.6 Å². The van der Waals surface area contributed by atoms with Crippen LogP contribution in [-0.2, 0) is 9.84 Å². The zero-order valence-corrected chi connectivity index (χ0v) is 15.1. The topological polar surface area (TPSA) is 105 Å². The van der Waals surface area contributed by atoms with Crippen molar-refractivity contribution in [2.24, 2.45) is 0 Å². The Labute approximate surface area is 159 Å². The van der Waals surface area contributed by atoms with Crippen LogP contribution in [-0.4, -0.2) is 29.5 Å². The Bertz CT molecular complexity index is 1290. The molecule has 0 fully saturated rings. The molecule has 1 amide bonds. The Morgan fingerprint density at radius 1 is 1.00 bits per heavy atom. The van der Waals surface area contributed by atoms with Gasteiger partial charge in [-0.25, -0.2) is 17.8 Å². The summed E-state index contributed by atoms with van der Waals surface area (Å²) in [6, 6.07) is 14.6. The standard InChI is InChI=1S/C19H13FN4O3S/c20-13-7-4-8-14(9-13)28(26,27)15-10-16-17(21-11-15)23-24-18(16)22-19(25)12-5-2-1-3-6-12/h1-11H,(H2,21,22,23,24,25). The van der Waals surface area contributed by atoms with Crippen molar-refractivity contribution in [3.63, 3.8) is 0 Å². The van der Waals surface area contributed by atoms with Crippen LogP contribution < -0.4 is 5.32 Å². The van der Waals surface area contributed by atoms with Crippen molar-refractivity contribution in [2.45, 2.75) is 9.79 Å². The first-order valence-electron chi connectivity index (χ1n) is 8.16. The third kappa shape index (κ3) is 3.23. The molecule has 140 valence electrons. The number of rotatable bonds is 4. The van der Waals surface area contributed by atoms with Crippen LogP contribution in [0.5, 0.6) is 0 Å². The molecular weight excluding hydrogens is 383 g/mol. The van der Waals surface area contributed by atoms with E-state index < -0.39 is 15.7 Å². The van der Waals surface area contributed by atoms with Crippen molar-refractivity contribution in [1.29, 1.82) is 0 Å². The Morgan fingerprint density at radius 2 is 1.79 bits per heavy atom. The summed E-state index contributed by atoms with van der Waals surface area (Å²) in [6.45, 7) is 0. The Balaban J connectivity index is 1.73. The van der Waals surface area contributed by atoms with Crippen LogP contribution in [0.3, 0.4) is 0 Å². The highest BCUT2D eigenvalue weighted by Gasteiger charge is 2.21. The minimum atomic E-state index is -3.99. The van der Waals surface area contributed by atoms with E-state index in [1.54, 1.807) is 30.3 Å². The third-order valence-electron chi connectivity index (χ3n) is 4.08. The number of carbonyl (C=O) groups is 1. The van der Waals surface area contributed by atoms with Crippen molar-refractivity contribution in [3.05, 3.63) is 78.2 Å². The summed E-state index contributed by atoms with van der Waals surface area (Å²) in [6.07, 6.45) is 1.15. The van der Waals surface area contributed by atoms with Crippen LogP contribution in [0.25, 0.3) is 11.0 Å². The number of H-pyrrole nitrogens is 1. The van der Waals surface area contributed by atoms with Crippen LogP contribution in [0.4, 0.5) is 10.2 Å². The van der Waals surface area contributed by atoms with E-state index in [0.29, 0.717) is 10.9 Å². The van der Waals surface area contributed by atoms with Gasteiger partial charge in [-0.05, 0) is 36.4 Å². The molecule has 0 atom stereocenters. The fourth-order valence-electron chi connectivity index (χ4n) is 2.67. The molecule has 2 heterocycles. The molecule has 9 heteroatoms. The average Bonchev–Trinajstić information content (AvgIpc) is 3.10. The van der Waals surface area contributed by atoms with Gasteiger partial charge in [-0.3, -0.25) is 9.89 Å². The molecule has 4 rings (SSSR count). The van der Waals surface area contributed by atoms with Crippen LogP contribution >= 0.6 is 0 Å². The second-order valence-corrected chi connectivity index (χ2v) is 7.87. The first-order chi connectivity index (χ1) is 13.4. The zero-order valence-electron chi connectivity index (χ0n) is 14.3. The maximum atomic E-state index is 13.4. The number of benzene rings is 2. The summed E-state index contributed by atoms with van der Waals surface area (Å²) in [4.78, 5) is 16.1.